The van der Waals surface area contributed by atoms with E-state index >= 15 is 0 Å². The third-order valence-corrected chi connectivity index (χ3v) is 3.01. The highest BCUT2D eigenvalue weighted by molar-refractivity contribution is 5.92. The number of rotatable bonds is 8. The van der Waals surface area contributed by atoms with Crippen LogP contribution in [0.5, 0.6) is 0 Å². The minimum Gasteiger partial charge on any atom is -0.370 e. The molecular formula is C16H28N4O. The van der Waals surface area contributed by atoms with Gasteiger partial charge in [0, 0.05) is 19.6 Å². The second kappa shape index (κ2) is 7.98. The minimum atomic E-state index is -0.123. The molecule has 0 aliphatic rings. The molecule has 0 saturated carbocycles. The van der Waals surface area contributed by atoms with E-state index in [0.717, 1.165) is 25.3 Å². The number of carbonyl (C=O) groups is 1. The van der Waals surface area contributed by atoms with Crippen molar-refractivity contribution in [2.24, 2.45) is 5.41 Å². The highest BCUT2D eigenvalue weighted by atomic mass is 16.1. The monoisotopic (exact) mass is 292 g/mol. The maximum Gasteiger partial charge on any atom is 0.269 e. The molecule has 0 unspecified atom stereocenters. The zero-order chi connectivity index (χ0) is 15.9. The van der Waals surface area contributed by atoms with Crippen LogP contribution < -0.4 is 10.6 Å². The van der Waals surface area contributed by atoms with E-state index < -0.39 is 0 Å². The lowest BCUT2D eigenvalue weighted by Gasteiger charge is -2.28. The third-order valence-electron chi connectivity index (χ3n) is 3.01. The van der Waals surface area contributed by atoms with Crippen molar-refractivity contribution in [3.05, 3.63) is 23.9 Å². The molecule has 0 spiro atoms. The summed E-state index contributed by atoms with van der Waals surface area (Å²) in [5.74, 6) is 0.624. The summed E-state index contributed by atoms with van der Waals surface area (Å²) < 4.78 is 0. The molecule has 1 rings (SSSR count). The van der Waals surface area contributed by atoms with Crippen LogP contribution in [0.15, 0.2) is 18.2 Å². The third kappa shape index (κ3) is 6.58. The highest BCUT2D eigenvalue weighted by Gasteiger charge is 2.20. The Hall–Kier alpha value is -1.62. The number of amides is 1. The summed E-state index contributed by atoms with van der Waals surface area (Å²) in [6, 6.07) is 5.47. The Labute approximate surface area is 128 Å². The Bertz CT molecular complexity index is 457. The first kappa shape index (κ1) is 17.4. The molecule has 0 atom stereocenters. The first-order valence-electron chi connectivity index (χ1n) is 7.48. The van der Waals surface area contributed by atoms with Gasteiger partial charge in [-0.15, -0.1) is 0 Å². The van der Waals surface area contributed by atoms with Gasteiger partial charge in [-0.1, -0.05) is 26.8 Å². The van der Waals surface area contributed by atoms with E-state index in [9.17, 15) is 4.79 Å². The first-order valence-corrected chi connectivity index (χ1v) is 7.48. The van der Waals surface area contributed by atoms with Gasteiger partial charge >= 0.3 is 0 Å². The van der Waals surface area contributed by atoms with Crippen LogP contribution in [0.1, 0.15) is 37.7 Å². The van der Waals surface area contributed by atoms with E-state index in [1.807, 2.05) is 26.2 Å². The van der Waals surface area contributed by atoms with Crippen molar-refractivity contribution in [3.63, 3.8) is 0 Å². The molecule has 0 saturated heterocycles. The molecule has 118 valence electrons. The second-order valence-electron chi connectivity index (χ2n) is 6.42. The zero-order valence-electron chi connectivity index (χ0n) is 13.9. The summed E-state index contributed by atoms with van der Waals surface area (Å²) >= 11 is 0. The molecule has 0 bridgehead atoms. The Morgan fingerprint density at radius 3 is 2.67 bits per heavy atom. The summed E-state index contributed by atoms with van der Waals surface area (Å²) in [4.78, 5) is 18.7. The van der Waals surface area contributed by atoms with Crippen molar-refractivity contribution in [2.45, 2.75) is 27.2 Å². The van der Waals surface area contributed by atoms with Gasteiger partial charge in [-0.05, 0) is 38.1 Å². The lowest BCUT2D eigenvalue weighted by atomic mass is 9.93. The van der Waals surface area contributed by atoms with Crippen LogP contribution >= 0.6 is 0 Å². The molecule has 0 radical (unpaired) electrons. The van der Waals surface area contributed by atoms with Crippen molar-refractivity contribution >= 4 is 11.7 Å². The lowest BCUT2D eigenvalue weighted by molar-refractivity contribution is 0.0924. The van der Waals surface area contributed by atoms with Gasteiger partial charge in [0.2, 0.25) is 0 Å². The fraction of sp³-hybridized carbons (Fsp3) is 0.625. The van der Waals surface area contributed by atoms with E-state index in [1.165, 1.54) is 0 Å². The SMILES string of the molecule is CCCNc1cccc(C(=O)NCC(C)(C)CN(C)C)n1. The molecule has 1 aromatic rings. The van der Waals surface area contributed by atoms with Gasteiger partial charge in [-0.25, -0.2) is 4.98 Å². The summed E-state index contributed by atoms with van der Waals surface area (Å²) in [7, 11) is 4.07. The van der Waals surface area contributed by atoms with Gasteiger partial charge in [0.05, 0.1) is 0 Å². The smallest absolute Gasteiger partial charge is 0.269 e. The van der Waals surface area contributed by atoms with Crippen molar-refractivity contribution in [1.82, 2.24) is 15.2 Å². The van der Waals surface area contributed by atoms with Crippen LogP contribution in [0.2, 0.25) is 0 Å². The average Bonchev–Trinajstić information content (AvgIpc) is 2.41. The standard InChI is InChI=1S/C16H28N4O/c1-6-10-17-14-9-7-8-13(19-14)15(21)18-11-16(2,3)12-20(4)5/h7-9H,6,10-12H2,1-5H3,(H,17,19)(H,18,21). The van der Waals surface area contributed by atoms with Crippen molar-refractivity contribution in [1.29, 1.82) is 0 Å². The van der Waals surface area contributed by atoms with Crippen LogP contribution in [-0.4, -0.2) is 49.5 Å². The number of carbonyl (C=O) groups excluding carboxylic acids is 1. The maximum absolute atomic E-state index is 12.2. The second-order valence-corrected chi connectivity index (χ2v) is 6.42. The van der Waals surface area contributed by atoms with Gasteiger partial charge < -0.3 is 15.5 Å². The number of nitrogens with one attached hydrogen (secondary N) is 2. The molecule has 2 N–H and O–H groups in total. The fourth-order valence-electron chi connectivity index (χ4n) is 2.23. The van der Waals surface area contributed by atoms with Crippen molar-refractivity contribution in [3.8, 4) is 0 Å². The van der Waals surface area contributed by atoms with Gasteiger partial charge in [-0.2, -0.15) is 0 Å². The van der Waals surface area contributed by atoms with Crippen molar-refractivity contribution in [2.75, 3.05) is 39.0 Å². The predicted octanol–water partition coefficient (Wildman–Crippen LogP) is 2.22. The lowest BCUT2D eigenvalue weighted by Crippen LogP contribution is -2.40. The van der Waals surface area contributed by atoms with Gasteiger partial charge in [0.1, 0.15) is 11.5 Å². The van der Waals surface area contributed by atoms with E-state index in [-0.39, 0.29) is 11.3 Å². The first-order chi connectivity index (χ1) is 9.84. The quantitative estimate of drug-likeness (QED) is 0.771. The van der Waals surface area contributed by atoms with Crippen LogP contribution in [-0.2, 0) is 0 Å². The Morgan fingerprint density at radius 2 is 2.05 bits per heavy atom. The topological polar surface area (TPSA) is 57.3 Å². The van der Waals surface area contributed by atoms with E-state index in [1.54, 1.807) is 6.07 Å². The molecule has 1 aromatic heterocycles. The highest BCUT2D eigenvalue weighted by Crippen LogP contribution is 2.14. The van der Waals surface area contributed by atoms with Crippen LogP contribution in [0.3, 0.4) is 0 Å². The number of anilines is 1. The number of hydrogen-bond acceptors (Lipinski definition) is 4. The number of aromatic nitrogens is 1. The average molecular weight is 292 g/mol. The zero-order valence-corrected chi connectivity index (χ0v) is 13.9. The normalized spacial score (nSPS) is 11.5. The van der Waals surface area contributed by atoms with Crippen LogP contribution in [0.4, 0.5) is 5.82 Å². The van der Waals surface area contributed by atoms with Gasteiger partial charge in [0.25, 0.3) is 5.91 Å². The fourth-order valence-corrected chi connectivity index (χ4v) is 2.23. The summed E-state index contributed by atoms with van der Waals surface area (Å²) in [5.41, 5.74) is 0.480. The molecule has 5 nitrogen and oxygen atoms in total. The van der Waals surface area contributed by atoms with Crippen LogP contribution in [0, 0.1) is 5.41 Å². The molecule has 0 aliphatic heterocycles. The van der Waals surface area contributed by atoms with E-state index in [2.05, 4.69) is 41.3 Å². The summed E-state index contributed by atoms with van der Waals surface area (Å²) in [6.45, 7) is 8.77. The predicted molar refractivity (Wildman–Crippen MR) is 87.7 cm³/mol. The van der Waals surface area contributed by atoms with Crippen molar-refractivity contribution < 1.29 is 4.79 Å². The molecule has 21 heavy (non-hydrogen) atoms. The molecule has 0 aromatic carbocycles. The molecule has 0 fully saturated rings. The Kier molecular flexibility index (Phi) is 6.62. The van der Waals surface area contributed by atoms with Gasteiger partial charge in [0.15, 0.2) is 0 Å². The summed E-state index contributed by atoms with van der Waals surface area (Å²) in [6.07, 6.45) is 1.02. The maximum atomic E-state index is 12.2. The molecule has 1 amide bonds. The van der Waals surface area contributed by atoms with E-state index in [0.29, 0.717) is 12.2 Å². The number of hydrogen-bond donors (Lipinski definition) is 2. The molecule has 1 heterocycles. The molecular weight excluding hydrogens is 264 g/mol. The van der Waals surface area contributed by atoms with Gasteiger partial charge in [-0.3, -0.25) is 4.79 Å². The Balaban J connectivity index is 2.59. The van der Waals surface area contributed by atoms with E-state index in [4.69, 9.17) is 0 Å². The minimum absolute atomic E-state index is 0.0250. The molecule has 5 heteroatoms. The molecule has 0 aliphatic carbocycles. The summed E-state index contributed by atoms with van der Waals surface area (Å²) in [5, 5.41) is 6.16. The number of nitrogens with zero attached hydrogens (tertiary/aromatic N) is 2. The van der Waals surface area contributed by atoms with Crippen LogP contribution in [0.25, 0.3) is 0 Å². The number of pyridine rings is 1. The largest absolute Gasteiger partial charge is 0.370 e. The Morgan fingerprint density at radius 1 is 1.33 bits per heavy atom.